The van der Waals surface area contributed by atoms with Gasteiger partial charge in [-0.15, -0.1) is 5.10 Å². The minimum absolute atomic E-state index is 0.270. The summed E-state index contributed by atoms with van der Waals surface area (Å²) in [5, 5.41) is 9.24. The van der Waals surface area contributed by atoms with Gasteiger partial charge in [-0.3, -0.25) is 4.79 Å². The van der Waals surface area contributed by atoms with Gasteiger partial charge in [0.1, 0.15) is 17.3 Å². The van der Waals surface area contributed by atoms with Gasteiger partial charge >= 0.3 is 0 Å². The molecule has 0 saturated heterocycles. The summed E-state index contributed by atoms with van der Waals surface area (Å²) in [6.45, 7) is 4.57. The molecule has 6 aromatic rings. The Morgan fingerprint density at radius 3 is 2.49 bits per heavy atom. The van der Waals surface area contributed by atoms with Crippen LogP contribution in [0.1, 0.15) is 37.3 Å². The Hall–Kier alpha value is -4.63. The van der Waals surface area contributed by atoms with Crippen LogP contribution < -0.4 is 14.8 Å². The molecule has 0 N–H and O–H groups in total. The molecule has 0 fully saturated rings. The van der Waals surface area contributed by atoms with Gasteiger partial charge in [-0.25, -0.2) is 9.07 Å². The fourth-order valence-electron chi connectivity index (χ4n) is 4.51. The molecule has 9 heteroatoms. The minimum atomic E-state index is -0.311. The van der Waals surface area contributed by atoms with E-state index in [9.17, 15) is 9.18 Å². The van der Waals surface area contributed by atoms with E-state index in [0.717, 1.165) is 36.3 Å². The van der Waals surface area contributed by atoms with E-state index < -0.39 is 0 Å². The normalized spacial score (nSPS) is 11.9. The molecule has 0 spiro atoms. The Morgan fingerprint density at radius 1 is 0.976 bits per heavy atom. The van der Waals surface area contributed by atoms with Crippen LogP contribution in [0.2, 0.25) is 0 Å². The van der Waals surface area contributed by atoms with Crippen LogP contribution in [-0.2, 0) is 0 Å². The molecule has 206 valence electrons. The molecule has 0 radical (unpaired) electrons. The van der Waals surface area contributed by atoms with E-state index in [0.29, 0.717) is 44.3 Å². The maximum Gasteiger partial charge on any atom is 0.291 e. The summed E-state index contributed by atoms with van der Waals surface area (Å²) in [6.07, 6.45) is 6.94. The largest absolute Gasteiger partial charge is 0.494 e. The van der Waals surface area contributed by atoms with Crippen LogP contribution in [-0.4, -0.2) is 31.0 Å². The van der Waals surface area contributed by atoms with Crippen molar-refractivity contribution >= 4 is 22.4 Å². The van der Waals surface area contributed by atoms with Gasteiger partial charge in [-0.2, -0.15) is 14.6 Å². The molecule has 0 aliphatic rings. The Morgan fingerprint density at radius 2 is 1.76 bits per heavy atom. The van der Waals surface area contributed by atoms with E-state index >= 15 is 0 Å². The molecule has 3 aromatic heterocycles. The Bertz CT molecular complexity index is 1930. The number of nitrogens with zero attached hydrogens (tertiary/aromatic N) is 5. The monoisotopic (exact) mass is 565 g/mol. The van der Waals surface area contributed by atoms with E-state index in [-0.39, 0.29) is 11.4 Å². The minimum Gasteiger partial charge on any atom is -0.494 e. The molecule has 3 aromatic carbocycles. The average molecular weight is 566 g/mol. The number of unbranched alkanes of at least 4 members (excludes halogenated alkanes) is 2. The predicted molar refractivity (Wildman–Crippen MR) is 160 cm³/mol. The molecule has 6 rings (SSSR count). The summed E-state index contributed by atoms with van der Waals surface area (Å²) in [5.74, 6) is 0.965. The molecule has 7 nitrogen and oxygen atoms in total. The van der Waals surface area contributed by atoms with Gasteiger partial charge in [0.05, 0.1) is 16.8 Å². The number of hydrogen-bond donors (Lipinski definition) is 0. The summed E-state index contributed by atoms with van der Waals surface area (Å²) in [4.78, 5) is 18.5. The van der Waals surface area contributed by atoms with Crippen molar-refractivity contribution in [2.75, 3.05) is 6.61 Å². The number of thiazole rings is 1. The number of benzene rings is 3. The van der Waals surface area contributed by atoms with Gasteiger partial charge in [0.15, 0.2) is 5.82 Å². The highest BCUT2D eigenvalue weighted by Crippen LogP contribution is 2.26. The number of ether oxygens (including phenoxy) is 1. The first-order chi connectivity index (χ1) is 20.0. The van der Waals surface area contributed by atoms with Crippen molar-refractivity contribution in [3.63, 3.8) is 0 Å². The quantitative estimate of drug-likeness (QED) is 0.194. The lowest BCUT2D eigenvalue weighted by Crippen LogP contribution is -2.23. The highest BCUT2D eigenvalue weighted by atomic mass is 32.1. The van der Waals surface area contributed by atoms with Crippen molar-refractivity contribution in [3.05, 3.63) is 111 Å². The van der Waals surface area contributed by atoms with Gasteiger partial charge in [-0.05, 0) is 67.4 Å². The van der Waals surface area contributed by atoms with E-state index in [4.69, 9.17) is 9.84 Å². The first-order valence-corrected chi connectivity index (χ1v) is 14.4. The van der Waals surface area contributed by atoms with Crippen LogP contribution in [0.3, 0.4) is 0 Å². The second-order valence-electron chi connectivity index (χ2n) is 9.80. The smallest absolute Gasteiger partial charge is 0.291 e. The lowest BCUT2D eigenvalue weighted by molar-refractivity contribution is 0.306. The van der Waals surface area contributed by atoms with Gasteiger partial charge in [-0.1, -0.05) is 61.4 Å². The van der Waals surface area contributed by atoms with Crippen molar-refractivity contribution < 1.29 is 9.13 Å². The molecule has 3 heterocycles. The van der Waals surface area contributed by atoms with Crippen LogP contribution >= 0.6 is 11.3 Å². The van der Waals surface area contributed by atoms with Crippen LogP contribution in [0, 0.1) is 12.7 Å². The van der Waals surface area contributed by atoms with Crippen molar-refractivity contribution in [2.45, 2.75) is 33.1 Å². The third-order valence-electron chi connectivity index (χ3n) is 6.81. The molecule has 0 aliphatic heterocycles. The second kappa shape index (κ2) is 11.5. The van der Waals surface area contributed by atoms with Crippen LogP contribution in [0.5, 0.6) is 5.75 Å². The fourth-order valence-corrected chi connectivity index (χ4v) is 5.41. The maximum atomic E-state index is 14.5. The number of hydrogen-bond acceptors (Lipinski definition) is 6. The highest BCUT2D eigenvalue weighted by molar-refractivity contribution is 7.15. The van der Waals surface area contributed by atoms with E-state index in [1.165, 1.54) is 21.9 Å². The zero-order valence-electron chi connectivity index (χ0n) is 22.8. The first kappa shape index (κ1) is 26.6. The molecule has 0 unspecified atom stereocenters. The first-order valence-electron chi connectivity index (χ1n) is 13.6. The van der Waals surface area contributed by atoms with Gasteiger partial charge in [0.25, 0.3) is 5.56 Å². The summed E-state index contributed by atoms with van der Waals surface area (Å²) >= 11 is 1.25. The Balaban J connectivity index is 1.35. The Kier molecular flexibility index (Phi) is 7.43. The van der Waals surface area contributed by atoms with Crippen LogP contribution in [0.15, 0.2) is 83.8 Å². The number of para-hydroxylation sites is 1. The SMILES string of the molecule is CCCCCOc1ccc(-c2nc3sc(=Cc4cn(-c5ccccc5)nc4-c4ccc(C)c(F)c4)c(=O)n3n2)cc1. The van der Waals surface area contributed by atoms with Crippen LogP contribution in [0.4, 0.5) is 4.39 Å². The van der Waals surface area contributed by atoms with Crippen molar-refractivity contribution in [3.8, 4) is 34.1 Å². The second-order valence-corrected chi connectivity index (χ2v) is 10.8. The average Bonchev–Trinajstić information content (AvgIpc) is 3.68. The maximum absolute atomic E-state index is 14.5. The number of rotatable bonds is 9. The molecule has 0 saturated carbocycles. The van der Waals surface area contributed by atoms with Gasteiger partial charge in [0, 0.05) is 22.9 Å². The topological polar surface area (TPSA) is 74.3 Å². The Labute approximate surface area is 240 Å². The molecule has 0 bridgehead atoms. The van der Waals surface area contributed by atoms with Crippen molar-refractivity contribution in [2.24, 2.45) is 0 Å². The fraction of sp³-hybridized carbons (Fsp3) is 0.188. The third kappa shape index (κ3) is 5.53. The molecular formula is C32H28FN5O2S. The third-order valence-corrected chi connectivity index (χ3v) is 7.77. The lowest BCUT2D eigenvalue weighted by atomic mass is 10.1. The highest BCUT2D eigenvalue weighted by Gasteiger charge is 2.16. The molecular weight excluding hydrogens is 537 g/mol. The van der Waals surface area contributed by atoms with Gasteiger partial charge < -0.3 is 4.74 Å². The molecule has 0 amide bonds. The summed E-state index contributed by atoms with van der Waals surface area (Å²) in [5.41, 5.74) is 3.83. The number of aryl methyl sites for hydroxylation is 1. The van der Waals surface area contributed by atoms with Gasteiger partial charge in [0.2, 0.25) is 4.96 Å². The summed E-state index contributed by atoms with van der Waals surface area (Å²) in [7, 11) is 0. The number of aromatic nitrogens is 5. The molecule has 41 heavy (non-hydrogen) atoms. The number of halogens is 1. The van der Waals surface area contributed by atoms with E-state index in [1.807, 2.05) is 66.9 Å². The van der Waals surface area contributed by atoms with E-state index in [2.05, 4.69) is 17.0 Å². The summed E-state index contributed by atoms with van der Waals surface area (Å²) < 4.78 is 23.8. The summed E-state index contributed by atoms with van der Waals surface area (Å²) in [6, 6.07) is 22.3. The van der Waals surface area contributed by atoms with Crippen molar-refractivity contribution in [1.82, 2.24) is 24.4 Å². The lowest BCUT2D eigenvalue weighted by Gasteiger charge is -2.05. The van der Waals surface area contributed by atoms with E-state index in [1.54, 1.807) is 23.7 Å². The van der Waals surface area contributed by atoms with Crippen molar-refractivity contribution in [1.29, 1.82) is 0 Å². The number of fused-ring (bicyclic) bond motifs is 1. The molecule has 0 atom stereocenters. The molecule has 0 aliphatic carbocycles. The predicted octanol–water partition coefficient (Wildman–Crippen LogP) is 6.23. The standard InChI is InChI=1S/C32H28FN5O2S/c1-3-4-8-17-40-26-15-13-22(14-16-26)30-34-32-38(36-30)31(39)28(41-32)19-24-20-37(25-9-6-5-7-10-25)35-29(24)23-12-11-21(2)27(33)18-23/h5-7,9-16,18-20H,3-4,8,17H2,1-2H3. The zero-order valence-corrected chi connectivity index (χ0v) is 23.6. The zero-order chi connectivity index (χ0) is 28.3. The van der Waals surface area contributed by atoms with Crippen LogP contribution in [0.25, 0.3) is 39.4 Å².